The number of nitrogens with one attached hydrogen (secondary N) is 2. The van der Waals surface area contributed by atoms with Gasteiger partial charge in [-0.2, -0.15) is 0 Å². The second-order valence-corrected chi connectivity index (χ2v) is 9.10. The Kier molecular flexibility index (Phi) is 5.10. The van der Waals surface area contributed by atoms with Crippen molar-refractivity contribution in [2.45, 2.75) is 26.8 Å². The lowest BCUT2D eigenvalue weighted by molar-refractivity contribution is -0.113. The second-order valence-electron chi connectivity index (χ2n) is 8.18. The predicted octanol–water partition coefficient (Wildman–Crippen LogP) is 6.34. The quantitative estimate of drug-likeness (QED) is 0.355. The molecule has 3 aromatic carbocycles. The highest BCUT2D eigenvalue weighted by Crippen LogP contribution is 2.39. The van der Waals surface area contributed by atoms with Gasteiger partial charge in [-0.15, -0.1) is 0 Å². The highest BCUT2D eigenvalue weighted by atomic mass is 79.9. The predicted molar refractivity (Wildman–Crippen MR) is 133 cm³/mol. The van der Waals surface area contributed by atoms with Gasteiger partial charge in [0.1, 0.15) is 0 Å². The van der Waals surface area contributed by atoms with Crippen molar-refractivity contribution in [3.05, 3.63) is 99.2 Å². The van der Waals surface area contributed by atoms with Gasteiger partial charge in [-0.1, -0.05) is 57.9 Å². The van der Waals surface area contributed by atoms with E-state index in [0.29, 0.717) is 5.57 Å². The molecule has 0 saturated heterocycles. The van der Waals surface area contributed by atoms with Crippen molar-refractivity contribution >= 4 is 44.5 Å². The van der Waals surface area contributed by atoms with E-state index in [1.54, 1.807) is 0 Å². The molecule has 0 radical (unpaired) electrons. The summed E-state index contributed by atoms with van der Waals surface area (Å²) in [6.45, 7) is 5.99. The molecule has 1 aromatic heterocycles. The fourth-order valence-electron chi connectivity index (χ4n) is 4.36. The van der Waals surface area contributed by atoms with Gasteiger partial charge in [0.25, 0.3) is 5.91 Å². The van der Waals surface area contributed by atoms with E-state index in [0.717, 1.165) is 49.5 Å². The van der Waals surface area contributed by atoms with Crippen LogP contribution in [-0.4, -0.2) is 15.5 Å². The Labute approximate surface area is 195 Å². The molecule has 1 amide bonds. The second kappa shape index (κ2) is 7.95. The lowest BCUT2D eigenvalue weighted by atomic mass is 9.94. The molecular weight excluding hydrogens is 464 g/mol. The number of fused-ring (bicyclic) bond motifs is 3. The van der Waals surface area contributed by atoms with Crippen LogP contribution in [0.4, 0.5) is 11.6 Å². The number of rotatable bonds is 3. The van der Waals surface area contributed by atoms with Crippen molar-refractivity contribution < 1.29 is 4.79 Å². The lowest BCUT2D eigenvalue weighted by Gasteiger charge is -2.31. The summed E-state index contributed by atoms with van der Waals surface area (Å²) < 4.78 is 3.11. The Morgan fingerprint density at radius 3 is 2.53 bits per heavy atom. The van der Waals surface area contributed by atoms with Gasteiger partial charge < -0.3 is 10.6 Å². The molecule has 1 aliphatic heterocycles. The summed E-state index contributed by atoms with van der Waals surface area (Å²) in [5.41, 5.74) is 7.37. The SMILES string of the molecule is CC1=C(C(=O)Nc2ccc(C)cc2C)C(c2ccc(Br)cc2)n2c(nc3ccccc32)N1. The number of aryl methyl sites for hydroxylation is 2. The molecule has 5 nitrogen and oxygen atoms in total. The molecule has 0 aliphatic carbocycles. The third kappa shape index (κ3) is 3.50. The van der Waals surface area contributed by atoms with Crippen molar-refractivity contribution in [2.75, 3.05) is 10.6 Å². The van der Waals surface area contributed by atoms with Crippen LogP contribution in [0.3, 0.4) is 0 Å². The van der Waals surface area contributed by atoms with Crippen molar-refractivity contribution in [3.63, 3.8) is 0 Å². The Balaban J connectivity index is 1.65. The van der Waals surface area contributed by atoms with Crippen LogP contribution in [-0.2, 0) is 4.79 Å². The maximum absolute atomic E-state index is 13.7. The van der Waals surface area contributed by atoms with Gasteiger partial charge in [0.2, 0.25) is 5.95 Å². The third-order valence-corrected chi connectivity index (χ3v) is 6.42. The molecule has 5 rings (SSSR count). The minimum absolute atomic E-state index is 0.127. The largest absolute Gasteiger partial charge is 0.329 e. The van der Waals surface area contributed by atoms with E-state index in [2.05, 4.69) is 49.3 Å². The molecule has 2 heterocycles. The molecule has 1 atom stereocenters. The molecule has 6 heteroatoms. The maximum atomic E-state index is 13.7. The highest BCUT2D eigenvalue weighted by Gasteiger charge is 2.34. The summed E-state index contributed by atoms with van der Waals surface area (Å²) in [6, 6.07) is 21.9. The Morgan fingerprint density at radius 1 is 1.03 bits per heavy atom. The molecule has 1 unspecified atom stereocenters. The topological polar surface area (TPSA) is 59.0 Å². The smallest absolute Gasteiger partial charge is 0.255 e. The first kappa shape index (κ1) is 20.5. The Bertz CT molecular complexity index is 1380. The number of hydrogen-bond donors (Lipinski definition) is 2. The zero-order valence-corrected chi connectivity index (χ0v) is 19.7. The summed E-state index contributed by atoms with van der Waals surface area (Å²) in [6.07, 6.45) is 0. The minimum atomic E-state index is -0.308. The van der Waals surface area contributed by atoms with E-state index in [1.807, 2.05) is 69.3 Å². The van der Waals surface area contributed by atoms with Gasteiger partial charge in [-0.25, -0.2) is 4.98 Å². The van der Waals surface area contributed by atoms with Gasteiger partial charge >= 0.3 is 0 Å². The molecule has 160 valence electrons. The number of para-hydroxylation sites is 2. The molecule has 2 N–H and O–H groups in total. The number of aromatic nitrogens is 2. The number of hydrogen-bond acceptors (Lipinski definition) is 3. The van der Waals surface area contributed by atoms with E-state index < -0.39 is 0 Å². The molecule has 0 saturated carbocycles. The zero-order valence-electron chi connectivity index (χ0n) is 18.1. The Morgan fingerprint density at radius 2 is 1.78 bits per heavy atom. The van der Waals surface area contributed by atoms with Gasteiger partial charge in [-0.3, -0.25) is 9.36 Å². The van der Waals surface area contributed by atoms with Crippen LogP contribution in [0.2, 0.25) is 0 Å². The van der Waals surface area contributed by atoms with Crippen LogP contribution in [0.15, 0.2) is 82.5 Å². The van der Waals surface area contributed by atoms with Gasteiger partial charge in [-0.05, 0) is 62.2 Å². The lowest BCUT2D eigenvalue weighted by Crippen LogP contribution is -2.31. The molecule has 0 bridgehead atoms. The van der Waals surface area contributed by atoms with E-state index in [-0.39, 0.29) is 11.9 Å². The number of amides is 1. The van der Waals surface area contributed by atoms with Crippen LogP contribution in [0.5, 0.6) is 0 Å². The summed E-state index contributed by atoms with van der Waals surface area (Å²) in [5, 5.41) is 6.50. The average molecular weight is 487 g/mol. The molecule has 0 fully saturated rings. The number of imidazole rings is 1. The normalized spacial score (nSPS) is 15.4. The Hall–Kier alpha value is -3.38. The van der Waals surface area contributed by atoms with Crippen LogP contribution in [0, 0.1) is 13.8 Å². The first-order valence-electron chi connectivity index (χ1n) is 10.5. The number of nitrogens with zero attached hydrogens (tertiary/aromatic N) is 2. The van der Waals surface area contributed by atoms with Crippen LogP contribution in [0.1, 0.15) is 29.7 Å². The molecule has 1 aliphatic rings. The van der Waals surface area contributed by atoms with Gasteiger partial charge in [0, 0.05) is 15.9 Å². The number of allylic oxidation sites excluding steroid dienone is 1. The minimum Gasteiger partial charge on any atom is -0.329 e. The molecule has 4 aromatic rings. The summed E-state index contributed by atoms with van der Waals surface area (Å²) in [7, 11) is 0. The van der Waals surface area contributed by atoms with Crippen molar-refractivity contribution in [3.8, 4) is 0 Å². The number of benzene rings is 3. The summed E-state index contributed by atoms with van der Waals surface area (Å²) in [4.78, 5) is 18.5. The fourth-order valence-corrected chi connectivity index (χ4v) is 4.63. The van der Waals surface area contributed by atoms with E-state index in [4.69, 9.17) is 4.98 Å². The number of halogens is 1. The van der Waals surface area contributed by atoms with Crippen LogP contribution >= 0.6 is 15.9 Å². The van der Waals surface area contributed by atoms with Gasteiger partial charge in [0.15, 0.2) is 0 Å². The van der Waals surface area contributed by atoms with Crippen LogP contribution in [0.25, 0.3) is 11.0 Å². The van der Waals surface area contributed by atoms with E-state index >= 15 is 0 Å². The first-order valence-corrected chi connectivity index (χ1v) is 11.3. The highest BCUT2D eigenvalue weighted by molar-refractivity contribution is 9.10. The number of anilines is 2. The number of carbonyl (C=O) groups excluding carboxylic acids is 1. The third-order valence-electron chi connectivity index (χ3n) is 5.89. The zero-order chi connectivity index (χ0) is 22.4. The van der Waals surface area contributed by atoms with Gasteiger partial charge in [0.05, 0.1) is 22.6 Å². The van der Waals surface area contributed by atoms with Crippen LogP contribution < -0.4 is 10.6 Å². The van der Waals surface area contributed by atoms with Crippen molar-refractivity contribution in [1.82, 2.24) is 9.55 Å². The number of carbonyl (C=O) groups is 1. The summed E-state index contributed by atoms with van der Waals surface area (Å²) >= 11 is 3.52. The fraction of sp³-hybridized carbons (Fsp3) is 0.154. The van der Waals surface area contributed by atoms with Crippen molar-refractivity contribution in [1.29, 1.82) is 0 Å². The first-order chi connectivity index (χ1) is 15.4. The molecular formula is C26H23BrN4O. The monoisotopic (exact) mass is 486 g/mol. The van der Waals surface area contributed by atoms with E-state index in [9.17, 15) is 4.79 Å². The average Bonchev–Trinajstić information content (AvgIpc) is 3.13. The molecule has 0 spiro atoms. The standard InChI is InChI=1S/C26H23BrN4O/c1-15-8-13-20(16(2)14-15)29-25(32)23-17(3)28-26-30-21-6-4-5-7-22(21)31(26)24(23)18-9-11-19(27)12-10-18/h4-14,24H,1-3H3,(H,28,30)(H,29,32). The molecule has 32 heavy (non-hydrogen) atoms. The van der Waals surface area contributed by atoms with E-state index in [1.165, 1.54) is 0 Å². The summed E-state index contributed by atoms with van der Waals surface area (Å²) in [5.74, 6) is 0.609. The maximum Gasteiger partial charge on any atom is 0.255 e. The van der Waals surface area contributed by atoms with Crippen molar-refractivity contribution in [2.24, 2.45) is 0 Å².